The zero-order valence-electron chi connectivity index (χ0n) is 19.8. The number of aromatic nitrogens is 3. The molecular weight excluding hydrogens is 539 g/mol. The predicted octanol–water partition coefficient (Wildman–Crippen LogP) is 3.78. The number of nitrogens with one attached hydrogen (secondary N) is 1. The Morgan fingerprint density at radius 1 is 1.14 bits per heavy atom. The van der Waals surface area contributed by atoms with Crippen LogP contribution in [0.1, 0.15) is 25.7 Å². The molecular formula is C23H28BrFN6O3S. The Balaban J connectivity index is 1.52. The van der Waals surface area contributed by atoms with Gasteiger partial charge in [0.25, 0.3) is 0 Å². The molecule has 1 aliphatic rings. The van der Waals surface area contributed by atoms with Crippen LogP contribution in [0.3, 0.4) is 0 Å². The highest BCUT2D eigenvalue weighted by atomic mass is 79.9. The second-order valence-electron chi connectivity index (χ2n) is 8.39. The van der Waals surface area contributed by atoms with Crippen molar-refractivity contribution >= 4 is 31.6 Å². The van der Waals surface area contributed by atoms with E-state index in [1.807, 2.05) is 25.1 Å². The van der Waals surface area contributed by atoms with Crippen LogP contribution in [0, 0.1) is 5.82 Å². The van der Waals surface area contributed by atoms with E-state index in [2.05, 4.69) is 53.8 Å². The molecule has 4 rings (SSSR count). The van der Waals surface area contributed by atoms with E-state index in [4.69, 9.17) is 4.74 Å². The third-order valence-electron chi connectivity index (χ3n) is 5.86. The summed E-state index contributed by atoms with van der Waals surface area (Å²) >= 11 is 3.12. The van der Waals surface area contributed by atoms with Crippen LogP contribution in [-0.2, 0) is 16.6 Å². The first-order valence-electron chi connectivity index (χ1n) is 11.3. The fraction of sp³-hybridized carbons (Fsp3) is 0.391. The number of hydrogen-bond acceptors (Lipinski definition) is 7. The minimum Gasteiger partial charge on any atom is -0.424 e. The van der Waals surface area contributed by atoms with E-state index in [0.717, 1.165) is 44.0 Å². The van der Waals surface area contributed by atoms with Crippen molar-refractivity contribution in [3.05, 3.63) is 58.6 Å². The predicted molar refractivity (Wildman–Crippen MR) is 135 cm³/mol. The number of rotatable bonds is 8. The van der Waals surface area contributed by atoms with Gasteiger partial charge in [0.15, 0.2) is 5.82 Å². The number of sulfonamides is 1. The average Bonchev–Trinajstić information content (AvgIpc) is 3.22. The first-order chi connectivity index (χ1) is 16.7. The van der Waals surface area contributed by atoms with E-state index >= 15 is 0 Å². The molecule has 188 valence electrons. The maximum absolute atomic E-state index is 13.4. The first kappa shape index (κ1) is 25.5. The molecule has 0 saturated carbocycles. The third-order valence-corrected chi connectivity index (χ3v) is 8.38. The van der Waals surface area contributed by atoms with E-state index < -0.39 is 21.9 Å². The van der Waals surface area contributed by atoms with Gasteiger partial charge >= 0.3 is 6.01 Å². The summed E-state index contributed by atoms with van der Waals surface area (Å²) in [5, 5.41) is 8.36. The molecule has 0 aliphatic carbocycles. The van der Waals surface area contributed by atoms with Gasteiger partial charge in [0.2, 0.25) is 10.0 Å². The zero-order valence-corrected chi connectivity index (χ0v) is 22.2. The summed E-state index contributed by atoms with van der Waals surface area (Å²) in [5.74, 6) is 0.492. The van der Waals surface area contributed by atoms with Gasteiger partial charge in [0.1, 0.15) is 11.6 Å². The summed E-state index contributed by atoms with van der Waals surface area (Å²) in [6, 6.07) is 10.8. The molecule has 0 unspecified atom stereocenters. The molecule has 1 saturated heterocycles. The number of benzene rings is 2. The first-order valence-corrected chi connectivity index (χ1v) is 13.6. The number of piperazine rings is 1. The van der Waals surface area contributed by atoms with E-state index in [9.17, 15) is 12.8 Å². The van der Waals surface area contributed by atoms with Crippen LogP contribution in [0.15, 0.2) is 51.8 Å². The average molecular weight is 567 g/mol. The monoisotopic (exact) mass is 566 g/mol. The van der Waals surface area contributed by atoms with Gasteiger partial charge in [-0.25, -0.2) is 17.5 Å². The van der Waals surface area contributed by atoms with Gasteiger partial charge < -0.3 is 14.5 Å². The van der Waals surface area contributed by atoms with E-state index in [0.29, 0.717) is 18.1 Å². The molecule has 1 fully saturated rings. The molecule has 2 heterocycles. The van der Waals surface area contributed by atoms with Crippen LogP contribution in [0.4, 0.5) is 10.1 Å². The molecule has 1 N–H and O–H groups in total. The van der Waals surface area contributed by atoms with Gasteiger partial charge in [0, 0.05) is 49.0 Å². The number of anilines is 1. The fourth-order valence-electron chi connectivity index (χ4n) is 3.95. The van der Waals surface area contributed by atoms with E-state index in [1.54, 1.807) is 11.5 Å². The van der Waals surface area contributed by atoms with Crippen LogP contribution < -0.4 is 14.4 Å². The molecule has 0 bridgehead atoms. The second kappa shape index (κ2) is 10.6. The van der Waals surface area contributed by atoms with Crippen molar-refractivity contribution in [1.29, 1.82) is 0 Å². The lowest BCUT2D eigenvalue weighted by Crippen LogP contribution is -2.44. The van der Waals surface area contributed by atoms with Gasteiger partial charge in [-0.05, 0) is 67.2 Å². The normalized spacial score (nSPS) is 15.9. The van der Waals surface area contributed by atoms with Gasteiger partial charge in [-0.1, -0.05) is 11.2 Å². The molecule has 1 atom stereocenters. The molecule has 0 spiro atoms. The number of likely N-dealkylation sites (N-methyl/N-ethyl adjacent to an activating group) is 1. The molecule has 35 heavy (non-hydrogen) atoms. The van der Waals surface area contributed by atoms with Gasteiger partial charge in [-0.15, -0.1) is 5.10 Å². The maximum Gasteiger partial charge on any atom is 0.322 e. The summed E-state index contributed by atoms with van der Waals surface area (Å²) in [6.07, 6.45) is 0. The molecule has 0 radical (unpaired) electrons. The summed E-state index contributed by atoms with van der Waals surface area (Å²) in [7, 11) is -1.83. The highest BCUT2D eigenvalue weighted by Crippen LogP contribution is 2.28. The minimum atomic E-state index is -3.95. The Hall–Kier alpha value is -2.54. The van der Waals surface area contributed by atoms with E-state index in [1.165, 1.54) is 6.07 Å². The Kier molecular flexibility index (Phi) is 7.74. The summed E-state index contributed by atoms with van der Waals surface area (Å²) in [4.78, 5) is 4.55. The van der Waals surface area contributed by atoms with Crippen LogP contribution in [0.2, 0.25) is 0 Å². The molecule has 2 aromatic carbocycles. The molecule has 12 heteroatoms. The van der Waals surface area contributed by atoms with Crippen molar-refractivity contribution in [2.45, 2.75) is 31.3 Å². The topological polar surface area (TPSA) is 92.6 Å². The van der Waals surface area contributed by atoms with Crippen LogP contribution >= 0.6 is 15.9 Å². The maximum atomic E-state index is 13.4. The highest BCUT2D eigenvalue weighted by molar-refractivity contribution is 9.10. The molecule has 1 aliphatic heterocycles. The van der Waals surface area contributed by atoms with E-state index in [-0.39, 0.29) is 15.4 Å². The zero-order chi connectivity index (χ0) is 25.2. The van der Waals surface area contributed by atoms with Gasteiger partial charge in [0.05, 0.1) is 10.9 Å². The lowest BCUT2D eigenvalue weighted by molar-refractivity contribution is 0.312. The SMILES string of the molecule is CCn1c(Oc2cccc(N3CCN(C)CC3)c2)nnc1[C@@H](C)NS(=O)(=O)c1ccc(F)cc1Br. The third kappa shape index (κ3) is 5.83. The second-order valence-corrected chi connectivity index (χ2v) is 10.9. The van der Waals surface area contributed by atoms with Gasteiger partial charge in [-0.3, -0.25) is 4.57 Å². The molecule has 9 nitrogen and oxygen atoms in total. The van der Waals surface area contributed by atoms with Gasteiger partial charge in [-0.2, -0.15) is 0 Å². The van der Waals surface area contributed by atoms with Crippen molar-refractivity contribution in [2.75, 3.05) is 38.1 Å². The molecule has 1 aromatic heterocycles. The Morgan fingerprint density at radius 3 is 2.57 bits per heavy atom. The standard InChI is InChI=1S/C23H28BrFN6O3S/c1-4-31-22(16(2)28-35(32,33)21-9-8-17(25)14-20(21)24)26-27-23(31)34-19-7-5-6-18(15-19)30-12-10-29(3)11-13-30/h5-9,14-16,28H,4,10-13H2,1-3H3/t16-/m1/s1. The largest absolute Gasteiger partial charge is 0.424 e. The lowest BCUT2D eigenvalue weighted by Gasteiger charge is -2.34. The van der Waals surface area contributed by atoms with Crippen molar-refractivity contribution < 1.29 is 17.5 Å². The number of halogens is 2. The summed E-state index contributed by atoms with van der Waals surface area (Å²) < 4.78 is 49.7. The van der Waals surface area contributed by atoms with Crippen LogP contribution in [-0.4, -0.2) is 61.3 Å². The lowest BCUT2D eigenvalue weighted by atomic mass is 10.2. The van der Waals surface area contributed by atoms with Crippen molar-refractivity contribution in [2.24, 2.45) is 0 Å². The van der Waals surface area contributed by atoms with Crippen LogP contribution in [0.5, 0.6) is 11.8 Å². The Morgan fingerprint density at radius 2 is 1.89 bits per heavy atom. The minimum absolute atomic E-state index is 0.0643. The van der Waals surface area contributed by atoms with Crippen molar-refractivity contribution in [3.63, 3.8) is 0 Å². The quantitative estimate of drug-likeness (QED) is 0.443. The number of nitrogens with zero attached hydrogens (tertiary/aromatic N) is 5. The summed E-state index contributed by atoms with van der Waals surface area (Å²) in [6.45, 7) is 7.93. The molecule has 0 amide bonds. The fourth-order valence-corrected chi connectivity index (χ4v) is 6.20. The smallest absolute Gasteiger partial charge is 0.322 e. The van der Waals surface area contributed by atoms with Crippen LogP contribution in [0.25, 0.3) is 0 Å². The van der Waals surface area contributed by atoms with Crippen molar-refractivity contribution in [3.8, 4) is 11.8 Å². The highest BCUT2D eigenvalue weighted by Gasteiger charge is 2.26. The molecule has 3 aromatic rings. The number of ether oxygens (including phenoxy) is 1. The Labute approximate surface area is 213 Å². The van der Waals surface area contributed by atoms with Crippen molar-refractivity contribution in [1.82, 2.24) is 24.4 Å². The number of hydrogen-bond donors (Lipinski definition) is 1. The Bertz CT molecular complexity index is 1290. The summed E-state index contributed by atoms with van der Waals surface area (Å²) in [5.41, 5.74) is 1.07.